The quantitative estimate of drug-likeness (QED) is 0.412. The Morgan fingerprint density at radius 1 is 1.36 bits per heavy atom. The maximum Gasteiger partial charge on any atom is 0.396 e. The molecule has 1 N–H and O–H groups in total. The highest BCUT2D eigenvalue weighted by molar-refractivity contribution is 6.32. The van der Waals surface area contributed by atoms with Gasteiger partial charge < -0.3 is 10.1 Å². The van der Waals surface area contributed by atoms with Crippen LogP contribution < -0.4 is 5.32 Å². The molecule has 0 aliphatic rings. The summed E-state index contributed by atoms with van der Waals surface area (Å²) in [5, 5.41) is 2.51. The zero-order valence-corrected chi connectivity index (χ0v) is 9.13. The van der Waals surface area contributed by atoms with Crippen LogP contribution in [0.3, 0.4) is 0 Å². The van der Waals surface area contributed by atoms with Gasteiger partial charge in [0.1, 0.15) is 0 Å². The van der Waals surface area contributed by atoms with E-state index in [-0.39, 0.29) is 6.61 Å². The van der Waals surface area contributed by atoms with Crippen LogP contribution in [0.1, 0.15) is 33.6 Å². The van der Waals surface area contributed by atoms with E-state index in [4.69, 9.17) is 0 Å². The van der Waals surface area contributed by atoms with Crippen LogP contribution in [0.2, 0.25) is 0 Å². The van der Waals surface area contributed by atoms with E-state index in [1.165, 1.54) is 0 Å². The molecule has 0 aliphatic heterocycles. The molecule has 0 aliphatic carbocycles. The summed E-state index contributed by atoms with van der Waals surface area (Å²) >= 11 is 0. The molecule has 4 heteroatoms. The number of nitrogens with one attached hydrogen (secondary N) is 1. The summed E-state index contributed by atoms with van der Waals surface area (Å²) in [4.78, 5) is 21.8. The van der Waals surface area contributed by atoms with Crippen molar-refractivity contribution in [2.75, 3.05) is 13.2 Å². The second-order valence-electron chi connectivity index (χ2n) is 3.51. The summed E-state index contributed by atoms with van der Waals surface area (Å²) in [6, 6.07) is 0. The molecule has 0 saturated carbocycles. The molecule has 0 unspecified atom stereocenters. The number of esters is 1. The van der Waals surface area contributed by atoms with Crippen molar-refractivity contribution in [2.24, 2.45) is 5.92 Å². The van der Waals surface area contributed by atoms with Gasteiger partial charge in [-0.3, -0.25) is 4.79 Å². The molecule has 0 aromatic rings. The molecule has 82 valence electrons. The van der Waals surface area contributed by atoms with Crippen LogP contribution in [0, 0.1) is 5.92 Å². The number of amides is 1. The van der Waals surface area contributed by atoms with E-state index in [1.54, 1.807) is 6.92 Å². The number of hydrogen-bond donors (Lipinski definition) is 1. The number of carbonyl (C=O) groups is 2. The highest BCUT2D eigenvalue weighted by Crippen LogP contribution is 2.01. The lowest BCUT2D eigenvalue weighted by atomic mass is 10.1. The van der Waals surface area contributed by atoms with Crippen molar-refractivity contribution in [3.63, 3.8) is 0 Å². The Hall–Kier alpha value is -1.06. The van der Waals surface area contributed by atoms with Crippen LogP contribution in [0.25, 0.3) is 0 Å². The third-order valence-corrected chi connectivity index (χ3v) is 1.70. The molecule has 0 radical (unpaired) electrons. The van der Waals surface area contributed by atoms with E-state index in [9.17, 15) is 9.59 Å². The van der Waals surface area contributed by atoms with Gasteiger partial charge in [-0.15, -0.1) is 0 Å². The Morgan fingerprint density at radius 3 is 2.50 bits per heavy atom. The molecule has 0 spiro atoms. The van der Waals surface area contributed by atoms with Gasteiger partial charge in [0.05, 0.1) is 6.61 Å². The van der Waals surface area contributed by atoms with Gasteiger partial charge in [-0.1, -0.05) is 13.8 Å². The summed E-state index contributed by atoms with van der Waals surface area (Å²) < 4.78 is 4.53. The van der Waals surface area contributed by atoms with Crippen LogP contribution in [0.15, 0.2) is 0 Å². The first-order chi connectivity index (χ1) is 6.57. The minimum absolute atomic E-state index is 0.234. The Labute approximate surface area is 85.0 Å². The zero-order chi connectivity index (χ0) is 11.0. The Bertz CT molecular complexity index is 190. The van der Waals surface area contributed by atoms with Gasteiger partial charge in [0, 0.05) is 6.54 Å². The average molecular weight is 201 g/mol. The van der Waals surface area contributed by atoms with E-state index in [0.29, 0.717) is 12.5 Å². The van der Waals surface area contributed by atoms with Gasteiger partial charge in [-0.05, 0) is 25.7 Å². The van der Waals surface area contributed by atoms with Gasteiger partial charge in [0.2, 0.25) is 0 Å². The van der Waals surface area contributed by atoms with Gasteiger partial charge in [0.25, 0.3) is 0 Å². The number of rotatable bonds is 5. The normalized spacial score (nSPS) is 10.0. The van der Waals surface area contributed by atoms with Gasteiger partial charge in [-0.2, -0.15) is 0 Å². The monoisotopic (exact) mass is 201 g/mol. The van der Waals surface area contributed by atoms with Crippen LogP contribution >= 0.6 is 0 Å². The molecular weight excluding hydrogens is 182 g/mol. The van der Waals surface area contributed by atoms with Crippen LogP contribution in [-0.4, -0.2) is 25.0 Å². The first-order valence-electron chi connectivity index (χ1n) is 5.02. The van der Waals surface area contributed by atoms with Crippen molar-refractivity contribution in [3.05, 3.63) is 0 Å². The molecule has 4 nitrogen and oxygen atoms in total. The Balaban J connectivity index is 3.49. The molecular formula is C10H19NO3. The molecule has 0 rings (SSSR count). The molecule has 0 aromatic heterocycles. The molecule has 0 atom stereocenters. The zero-order valence-electron chi connectivity index (χ0n) is 9.13. The molecule has 1 amide bonds. The average Bonchev–Trinajstić information content (AvgIpc) is 2.12. The lowest BCUT2D eigenvalue weighted by Gasteiger charge is -2.05. The molecule has 0 aromatic carbocycles. The second kappa shape index (κ2) is 7.35. The van der Waals surface area contributed by atoms with Gasteiger partial charge in [-0.25, -0.2) is 4.79 Å². The van der Waals surface area contributed by atoms with Crippen molar-refractivity contribution >= 4 is 11.9 Å². The van der Waals surface area contributed by atoms with Gasteiger partial charge in [0.15, 0.2) is 0 Å². The SMILES string of the molecule is CCOC(=O)C(=O)NCCCC(C)C. The van der Waals surface area contributed by atoms with Crippen LogP contribution in [-0.2, 0) is 14.3 Å². The van der Waals surface area contributed by atoms with Crippen molar-refractivity contribution < 1.29 is 14.3 Å². The Kier molecular flexibility index (Phi) is 6.80. The molecule has 0 saturated heterocycles. The third-order valence-electron chi connectivity index (χ3n) is 1.70. The first-order valence-corrected chi connectivity index (χ1v) is 5.02. The predicted octanol–water partition coefficient (Wildman–Crippen LogP) is 1.10. The van der Waals surface area contributed by atoms with E-state index in [2.05, 4.69) is 23.9 Å². The molecule has 0 fully saturated rings. The summed E-state index contributed by atoms with van der Waals surface area (Å²) in [6.07, 6.45) is 1.94. The predicted molar refractivity (Wildman–Crippen MR) is 53.7 cm³/mol. The summed E-state index contributed by atoms with van der Waals surface area (Å²) in [5.41, 5.74) is 0. The smallest absolute Gasteiger partial charge is 0.396 e. The highest BCUT2D eigenvalue weighted by Gasteiger charge is 2.12. The van der Waals surface area contributed by atoms with E-state index in [1.807, 2.05) is 0 Å². The Morgan fingerprint density at radius 2 is 2.00 bits per heavy atom. The number of ether oxygens (including phenoxy) is 1. The fourth-order valence-corrected chi connectivity index (χ4v) is 0.981. The second-order valence-corrected chi connectivity index (χ2v) is 3.51. The van der Waals surface area contributed by atoms with Crippen molar-refractivity contribution in [2.45, 2.75) is 33.6 Å². The maximum absolute atomic E-state index is 11.0. The maximum atomic E-state index is 11.0. The van der Waals surface area contributed by atoms with Crippen LogP contribution in [0.5, 0.6) is 0 Å². The molecule has 14 heavy (non-hydrogen) atoms. The molecule has 0 bridgehead atoms. The minimum atomic E-state index is -0.794. The number of carbonyl (C=O) groups excluding carboxylic acids is 2. The van der Waals surface area contributed by atoms with Crippen molar-refractivity contribution in [1.29, 1.82) is 0 Å². The summed E-state index contributed by atoms with van der Waals surface area (Å²) in [7, 11) is 0. The topological polar surface area (TPSA) is 55.4 Å². The summed E-state index contributed by atoms with van der Waals surface area (Å²) in [6.45, 7) is 6.68. The van der Waals surface area contributed by atoms with Crippen LogP contribution in [0.4, 0.5) is 0 Å². The van der Waals surface area contributed by atoms with Crippen molar-refractivity contribution in [1.82, 2.24) is 5.32 Å². The van der Waals surface area contributed by atoms with E-state index >= 15 is 0 Å². The first kappa shape index (κ1) is 12.9. The van der Waals surface area contributed by atoms with Gasteiger partial charge >= 0.3 is 11.9 Å². The summed E-state index contributed by atoms with van der Waals surface area (Å²) in [5.74, 6) is -0.817. The highest BCUT2D eigenvalue weighted by atomic mass is 16.5. The number of hydrogen-bond acceptors (Lipinski definition) is 3. The third kappa shape index (κ3) is 6.46. The standard InChI is InChI=1S/C10H19NO3/c1-4-14-10(13)9(12)11-7-5-6-8(2)3/h8H,4-7H2,1-3H3,(H,11,12). The molecule has 0 heterocycles. The fourth-order valence-electron chi connectivity index (χ4n) is 0.981. The lowest BCUT2D eigenvalue weighted by Crippen LogP contribution is -2.33. The minimum Gasteiger partial charge on any atom is -0.459 e. The van der Waals surface area contributed by atoms with Crippen molar-refractivity contribution in [3.8, 4) is 0 Å². The van der Waals surface area contributed by atoms with E-state index < -0.39 is 11.9 Å². The fraction of sp³-hybridized carbons (Fsp3) is 0.800. The lowest BCUT2D eigenvalue weighted by molar-refractivity contribution is -0.154. The van der Waals surface area contributed by atoms with E-state index in [0.717, 1.165) is 12.8 Å². The largest absolute Gasteiger partial charge is 0.459 e.